The van der Waals surface area contributed by atoms with E-state index in [0.717, 1.165) is 16.9 Å². The first-order valence-corrected chi connectivity index (χ1v) is 5.97. The van der Waals surface area contributed by atoms with Crippen LogP contribution in [0.3, 0.4) is 0 Å². The first-order valence-electron chi connectivity index (χ1n) is 5.97. The first-order chi connectivity index (χ1) is 9.24. The lowest BCUT2D eigenvalue weighted by Crippen LogP contribution is -2.05. The number of amides is 1. The molecule has 0 fully saturated rings. The van der Waals surface area contributed by atoms with Gasteiger partial charge in [-0.15, -0.1) is 0 Å². The quantitative estimate of drug-likeness (QED) is 0.568. The van der Waals surface area contributed by atoms with Gasteiger partial charge in [-0.05, 0) is 24.3 Å². The minimum Gasteiger partial charge on any atom is -0.399 e. The van der Waals surface area contributed by atoms with Crippen LogP contribution in [0.1, 0.15) is 5.56 Å². The van der Waals surface area contributed by atoms with Crippen LogP contribution in [-0.2, 0) is 4.79 Å². The van der Waals surface area contributed by atoms with E-state index < -0.39 is 0 Å². The molecule has 2 aromatic rings. The SMILES string of the molecule is Nc1cccc(N/C=C2/C(=O)Nc3ccccc32)c1. The Morgan fingerprint density at radius 1 is 1.11 bits per heavy atom. The van der Waals surface area contributed by atoms with E-state index in [1.165, 1.54) is 0 Å². The maximum absolute atomic E-state index is 11.9. The summed E-state index contributed by atoms with van der Waals surface area (Å²) in [6.45, 7) is 0. The topological polar surface area (TPSA) is 67.1 Å². The minimum atomic E-state index is -0.0994. The average molecular weight is 251 g/mol. The summed E-state index contributed by atoms with van der Waals surface area (Å²) < 4.78 is 0. The highest BCUT2D eigenvalue weighted by Gasteiger charge is 2.23. The second-order valence-corrected chi connectivity index (χ2v) is 4.33. The van der Waals surface area contributed by atoms with Gasteiger partial charge in [-0.25, -0.2) is 0 Å². The lowest BCUT2D eigenvalue weighted by atomic mass is 10.1. The van der Waals surface area contributed by atoms with E-state index in [0.29, 0.717) is 11.3 Å². The van der Waals surface area contributed by atoms with Crippen molar-refractivity contribution in [2.45, 2.75) is 0 Å². The van der Waals surface area contributed by atoms with Crippen LogP contribution in [0.4, 0.5) is 17.1 Å². The van der Waals surface area contributed by atoms with Crippen LogP contribution in [0.15, 0.2) is 54.7 Å². The number of rotatable bonds is 2. The molecule has 0 spiro atoms. The zero-order chi connectivity index (χ0) is 13.2. The number of hydrogen-bond donors (Lipinski definition) is 3. The molecule has 1 aliphatic rings. The molecular weight excluding hydrogens is 238 g/mol. The van der Waals surface area contributed by atoms with E-state index in [2.05, 4.69) is 10.6 Å². The predicted octanol–water partition coefficient (Wildman–Crippen LogP) is 2.67. The summed E-state index contributed by atoms with van der Waals surface area (Å²) in [6, 6.07) is 15.0. The van der Waals surface area contributed by atoms with Gasteiger partial charge in [0.15, 0.2) is 0 Å². The van der Waals surface area contributed by atoms with Crippen molar-refractivity contribution in [1.29, 1.82) is 0 Å². The van der Waals surface area contributed by atoms with Gasteiger partial charge in [0.1, 0.15) is 0 Å². The predicted molar refractivity (Wildman–Crippen MR) is 77.5 cm³/mol. The van der Waals surface area contributed by atoms with Crippen LogP contribution >= 0.6 is 0 Å². The number of nitrogens with two attached hydrogens (primary N) is 1. The number of hydrogen-bond acceptors (Lipinski definition) is 3. The van der Waals surface area contributed by atoms with Crippen molar-refractivity contribution in [3.8, 4) is 0 Å². The van der Waals surface area contributed by atoms with Crippen LogP contribution in [0.5, 0.6) is 0 Å². The van der Waals surface area contributed by atoms with Crippen LogP contribution in [0, 0.1) is 0 Å². The molecule has 3 rings (SSSR count). The smallest absolute Gasteiger partial charge is 0.257 e. The molecule has 0 aliphatic carbocycles. The lowest BCUT2D eigenvalue weighted by molar-refractivity contribution is -0.110. The highest BCUT2D eigenvalue weighted by Crippen LogP contribution is 2.31. The molecule has 0 aromatic heterocycles. The summed E-state index contributed by atoms with van der Waals surface area (Å²) in [6.07, 6.45) is 1.70. The lowest BCUT2D eigenvalue weighted by Gasteiger charge is -2.03. The van der Waals surface area contributed by atoms with E-state index in [1.807, 2.05) is 48.5 Å². The van der Waals surface area contributed by atoms with Crippen molar-refractivity contribution >= 4 is 28.5 Å². The summed E-state index contributed by atoms with van der Waals surface area (Å²) >= 11 is 0. The van der Waals surface area contributed by atoms with Gasteiger partial charge in [0, 0.05) is 28.8 Å². The fourth-order valence-electron chi connectivity index (χ4n) is 2.07. The Hall–Kier alpha value is -2.75. The van der Waals surface area contributed by atoms with Crippen LogP contribution in [-0.4, -0.2) is 5.91 Å². The molecule has 0 saturated heterocycles. The van der Waals surface area contributed by atoms with Crippen molar-refractivity contribution < 1.29 is 4.79 Å². The van der Waals surface area contributed by atoms with Gasteiger partial charge in [-0.2, -0.15) is 0 Å². The van der Waals surface area contributed by atoms with Crippen molar-refractivity contribution in [3.63, 3.8) is 0 Å². The summed E-state index contributed by atoms with van der Waals surface area (Å²) in [5, 5.41) is 5.92. The van der Waals surface area contributed by atoms with Crippen LogP contribution < -0.4 is 16.4 Å². The van der Waals surface area contributed by atoms with Gasteiger partial charge in [0.05, 0.1) is 5.57 Å². The van der Waals surface area contributed by atoms with Crippen LogP contribution in [0.25, 0.3) is 5.57 Å². The number of nitrogen functional groups attached to an aromatic ring is 1. The summed E-state index contributed by atoms with van der Waals surface area (Å²) in [5.41, 5.74) is 9.61. The molecule has 0 unspecified atom stereocenters. The van der Waals surface area contributed by atoms with E-state index in [-0.39, 0.29) is 5.91 Å². The fraction of sp³-hybridized carbons (Fsp3) is 0. The van der Waals surface area contributed by atoms with E-state index >= 15 is 0 Å². The fourth-order valence-corrected chi connectivity index (χ4v) is 2.07. The zero-order valence-corrected chi connectivity index (χ0v) is 10.2. The normalized spacial score (nSPS) is 15.2. The van der Waals surface area contributed by atoms with Gasteiger partial charge in [-0.3, -0.25) is 4.79 Å². The van der Waals surface area contributed by atoms with Crippen molar-refractivity contribution in [3.05, 3.63) is 60.3 Å². The molecule has 0 bridgehead atoms. The van der Waals surface area contributed by atoms with Crippen molar-refractivity contribution in [2.24, 2.45) is 0 Å². The van der Waals surface area contributed by atoms with Gasteiger partial charge in [0.25, 0.3) is 5.91 Å². The van der Waals surface area contributed by atoms with Gasteiger partial charge >= 0.3 is 0 Å². The van der Waals surface area contributed by atoms with E-state index in [4.69, 9.17) is 5.73 Å². The molecule has 0 saturated carbocycles. The molecule has 4 N–H and O–H groups in total. The molecule has 2 aromatic carbocycles. The Labute approximate surface area is 110 Å². The number of carbonyl (C=O) groups excluding carboxylic acids is 1. The Balaban J connectivity index is 1.90. The zero-order valence-electron chi connectivity index (χ0n) is 10.2. The second kappa shape index (κ2) is 4.49. The van der Waals surface area contributed by atoms with E-state index in [9.17, 15) is 4.79 Å². The number of carbonyl (C=O) groups is 1. The Morgan fingerprint density at radius 2 is 1.95 bits per heavy atom. The largest absolute Gasteiger partial charge is 0.399 e. The molecule has 0 radical (unpaired) electrons. The third-order valence-electron chi connectivity index (χ3n) is 2.98. The Morgan fingerprint density at radius 3 is 2.79 bits per heavy atom. The highest BCUT2D eigenvalue weighted by atomic mass is 16.2. The van der Waals surface area contributed by atoms with Gasteiger partial charge in [-0.1, -0.05) is 24.3 Å². The number of anilines is 3. The molecule has 1 heterocycles. The number of para-hydroxylation sites is 1. The van der Waals surface area contributed by atoms with Crippen molar-refractivity contribution in [1.82, 2.24) is 0 Å². The molecular formula is C15H13N3O. The average Bonchev–Trinajstić information content (AvgIpc) is 2.72. The third kappa shape index (κ3) is 2.15. The molecule has 0 atom stereocenters. The number of nitrogens with one attached hydrogen (secondary N) is 2. The van der Waals surface area contributed by atoms with Gasteiger partial charge < -0.3 is 16.4 Å². The molecule has 94 valence electrons. The summed E-state index contributed by atoms with van der Waals surface area (Å²) in [7, 11) is 0. The maximum atomic E-state index is 11.9. The number of benzene rings is 2. The molecule has 1 aliphatic heterocycles. The summed E-state index contributed by atoms with van der Waals surface area (Å²) in [5.74, 6) is -0.0994. The van der Waals surface area contributed by atoms with Gasteiger partial charge in [0.2, 0.25) is 0 Å². The molecule has 4 heteroatoms. The maximum Gasteiger partial charge on any atom is 0.257 e. The third-order valence-corrected chi connectivity index (χ3v) is 2.98. The van der Waals surface area contributed by atoms with Crippen molar-refractivity contribution in [2.75, 3.05) is 16.4 Å². The molecule has 1 amide bonds. The monoisotopic (exact) mass is 251 g/mol. The highest BCUT2D eigenvalue weighted by molar-refractivity contribution is 6.31. The second-order valence-electron chi connectivity index (χ2n) is 4.33. The van der Waals surface area contributed by atoms with E-state index in [1.54, 1.807) is 6.20 Å². The molecule has 4 nitrogen and oxygen atoms in total. The first kappa shape index (κ1) is 11.3. The summed E-state index contributed by atoms with van der Waals surface area (Å²) in [4.78, 5) is 11.9. The van der Waals surface area contributed by atoms with Crippen LogP contribution in [0.2, 0.25) is 0 Å². The standard InChI is InChI=1S/C15H13N3O/c16-10-4-3-5-11(8-10)17-9-13-12-6-1-2-7-14(12)18-15(13)19/h1-9,17H,16H2,(H,18,19)/b13-9+. The minimum absolute atomic E-state index is 0.0994. The number of fused-ring (bicyclic) bond motifs is 1. The Bertz CT molecular complexity index is 677. The molecule has 19 heavy (non-hydrogen) atoms. The Kier molecular flexibility index (Phi) is 2.68.